The van der Waals surface area contributed by atoms with Crippen molar-refractivity contribution in [1.29, 1.82) is 0 Å². The maximum atomic E-state index is 13.1. The fourth-order valence-corrected chi connectivity index (χ4v) is 11.7. The van der Waals surface area contributed by atoms with Crippen molar-refractivity contribution < 1.29 is 53.6 Å². The number of hydrogen-bond acceptors (Lipinski definition) is 12. The number of amides is 2. The Morgan fingerprint density at radius 2 is 1.01 bits per heavy atom. The number of rotatable bonds is 20. The first kappa shape index (κ1) is 59.7. The van der Waals surface area contributed by atoms with E-state index in [1.54, 1.807) is 4.90 Å². The molecule has 9 atom stereocenters. The summed E-state index contributed by atoms with van der Waals surface area (Å²) in [5, 5.41) is 33.2. The molecule has 2 amide bonds. The van der Waals surface area contributed by atoms with Crippen LogP contribution in [-0.2, 0) is 28.7 Å². The summed E-state index contributed by atoms with van der Waals surface area (Å²) in [5.41, 5.74) is 2.93. The van der Waals surface area contributed by atoms with Gasteiger partial charge in [-0.05, 0) is 147 Å². The maximum Gasteiger partial charge on any atom is 0.410 e. The molecule has 3 aromatic carbocycles. The van der Waals surface area contributed by atoms with Gasteiger partial charge in [-0.1, -0.05) is 91.0 Å². The second-order valence-electron chi connectivity index (χ2n) is 26.9. The molecule has 6 aliphatic carbocycles. The number of nitrogens with zero attached hydrogens (tertiary/aromatic N) is 4. The molecule has 5 N–H and O–H groups in total. The summed E-state index contributed by atoms with van der Waals surface area (Å²) in [6.45, 7) is 17.9. The summed E-state index contributed by atoms with van der Waals surface area (Å²) in [6, 6.07) is 31.4. The molecule has 3 aliphatic heterocycles. The van der Waals surface area contributed by atoms with E-state index in [1.165, 1.54) is 36.0 Å². The van der Waals surface area contributed by atoms with Gasteiger partial charge in [0.05, 0.1) is 0 Å². The molecule has 3 heterocycles. The zero-order chi connectivity index (χ0) is 57.9. The third kappa shape index (κ3) is 16.2. The lowest BCUT2D eigenvalue weighted by molar-refractivity contribution is -0.149. The van der Waals surface area contributed by atoms with Crippen LogP contribution in [0.1, 0.15) is 153 Å². The zero-order valence-corrected chi connectivity index (χ0v) is 48.5. The standard InChI is InChI=1S/C23H32N2O4.C19H25NO3.C18H24N2O2.C4H7NO2/c1-22(2,3)29-21(28)25(19-13-17(19)16-7-5-4-6-8-16)15-23(10-11-23)14-24-12-9-18(24)20(26)27;1-18(2,3)23-17(22)20(12-19(13-21)9-10-19)16-11-15(16)14-7-5-4-6-8-14;21-17(22)16-6-9-20(16)12-18(7-8-18)11-19-15-10-14(15)13-4-2-1-3-5-13;6-4(7)3-1-2-5-3/h4-8,17-19H,9-15H2,1-3H3,(H,26,27);4-8,13,15-16H,9-12H2,1-3H3;1-5,14-16,19H,6-12H2,(H,21,22);3,5H,1-2H2,(H,6,7)/t17-,18-,19?;15-,16+;14-,15+,16-;3-/m0000/s1. The van der Waals surface area contributed by atoms with E-state index in [9.17, 15) is 33.9 Å². The number of aldehydes is 1. The predicted octanol–water partition coefficient (Wildman–Crippen LogP) is 8.98. The van der Waals surface area contributed by atoms with Gasteiger partial charge < -0.3 is 50.0 Å². The number of carbonyl (C=O) groups is 6. The van der Waals surface area contributed by atoms with Gasteiger partial charge in [0, 0.05) is 92.5 Å². The maximum absolute atomic E-state index is 13.1. The van der Waals surface area contributed by atoms with Gasteiger partial charge in [0.25, 0.3) is 0 Å². The van der Waals surface area contributed by atoms with Crippen molar-refractivity contribution in [3.05, 3.63) is 108 Å². The SMILES string of the molecule is CC(C)(C)OC(=O)N(CC1(C=O)CC1)[C@@H]1C[C@H]1c1ccccc1.CC(C)(C)OC(=O)N(CC1(CN2CC[C@H]2C(=O)O)CC1)C1C[C@H]1c1ccccc1.O=C(O)[C@@H]1CCN1.O=C(O)[C@@H]1CCN1CC1(CN[C@@H]2C[C@H]2c2ccccc2)CC1. The lowest BCUT2D eigenvalue weighted by Crippen LogP contribution is -2.55. The van der Waals surface area contributed by atoms with E-state index in [0.29, 0.717) is 42.3 Å². The molecule has 0 radical (unpaired) electrons. The van der Waals surface area contributed by atoms with Crippen LogP contribution in [0.25, 0.3) is 0 Å². The molecule has 1 unspecified atom stereocenters. The van der Waals surface area contributed by atoms with Crippen LogP contribution in [0, 0.1) is 16.2 Å². The summed E-state index contributed by atoms with van der Waals surface area (Å²) in [7, 11) is 0. The van der Waals surface area contributed by atoms with Gasteiger partial charge in [-0.2, -0.15) is 0 Å². The number of carboxylic acid groups (broad SMARTS) is 3. The minimum atomic E-state index is -0.734. The molecule has 0 bridgehead atoms. The average Bonchev–Trinajstić information content (AvgIpc) is 4.15. The van der Waals surface area contributed by atoms with E-state index in [2.05, 4.69) is 75.0 Å². The fraction of sp³-hybridized carbons (Fsp3) is 0.625. The van der Waals surface area contributed by atoms with Crippen molar-refractivity contribution in [3.63, 3.8) is 0 Å². The number of likely N-dealkylation sites (tertiary alicyclic amines) is 2. The minimum absolute atomic E-state index is 0.00878. The Kier molecular flexibility index (Phi) is 18.1. The monoisotopic (exact) mass is 1120 g/mol. The number of hydrogen-bond donors (Lipinski definition) is 5. The second-order valence-corrected chi connectivity index (χ2v) is 26.9. The Labute approximate surface area is 478 Å². The van der Waals surface area contributed by atoms with E-state index in [1.807, 2.05) is 82.8 Å². The van der Waals surface area contributed by atoms with E-state index >= 15 is 0 Å². The summed E-state index contributed by atoms with van der Waals surface area (Å²) in [5.74, 6) is -0.732. The van der Waals surface area contributed by atoms with Gasteiger partial charge in [-0.25, -0.2) is 9.59 Å². The second kappa shape index (κ2) is 24.5. The number of ether oxygens (including phenoxy) is 2. The Morgan fingerprint density at radius 1 is 0.593 bits per heavy atom. The minimum Gasteiger partial charge on any atom is -0.480 e. The number of benzene rings is 3. The van der Waals surface area contributed by atoms with Crippen molar-refractivity contribution in [2.24, 2.45) is 16.2 Å². The molecule has 17 nitrogen and oxygen atoms in total. The van der Waals surface area contributed by atoms with Crippen LogP contribution in [0.3, 0.4) is 0 Å². The molecule has 9 fully saturated rings. The largest absolute Gasteiger partial charge is 0.480 e. The molecular weight excluding hydrogens is 1030 g/mol. The van der Waals surface area contributed by atoms with Crippen molar-refractivity contribution in [3.8, 4) is 0 Å². The molecular formula is C64H88N6O11. The van der Waals surface area contributed by atoms with E-state index in [4.69, 9.17) is 19.7 Å². The van der Waals surface area contributed by atoms with Crippen LogP contribution in [0.4, 0.5) is 9.59 Å². The smallest absolute Gasteiger partial charge is 0.410 e. The molecule has 81 heavy (non-hydrogen) atoms. The molecule has 12 rings (SSSR count). The van der Waals surface area contributed by atoms with Crippen molar-refractivity contribution in [2.45, 2.75) is 184 Å². The van der Waals surface area contributed by atoms with Gasteiger partial charge in [0.1, 0.15) is 35.6 Å². The normalized spacial score (nSPS) is 28.1. The molecule has 17 heteroatoms. The number of nitrogens with one attached hydrogen (secondary N) is 2. The Balaban J connectivity index is 0.000000139. The first-order chi connectivity index (χ1) is 38.5. The van der Waals surface area contributed by atoms with Gasteiger partial charge in [0.2, 0.25) is 0 Å². The highest BCUT2D eigenvalue weighted by Gasteiger charge is 2.55. The number of carbonyl (C=O) groups excluding carboxylic acids is 3. The average molecular weight is 1120 g/mol. The molecule has 440 valence electrons. The van der Waals surface area contributed by atoms with Crippen molar-refractivity contribution in [1.82, 2.24) is 30.2 Å². The molecule has 9 aliphatic rings. The highest BCUT2D eigenvalue weighted by molar-refractivity contribution is 5.76. The lowest BCUT2D eigenvalue weighted by atomic mass is 9.97. The van der Waals surface area contributed by atoms with Gasteiger partial charge in [-0.15, -0.1) is 0 Å². The third-order valence-electron chi connectivity index (χ3n) is 17.9. The predicted molar refractivity (Wildman–Crippen MR) is 307 cm³/mol. The lowest BCUT2D eigenvalue weighted by Gasteiger charge is -2.41. The highest BCUT2D eigenvalue weighted by Crippen LogP contribution is 2.54. The first-order valence-corrected chi connectivity index (χ1v) is 29.7. The molecule has 3 aromatic rings. The van der Waals surface area contributed by atoms with E-state index in [-0.39, 0.29) is 53.2 Å². The fourth-order valence-electron chi connectivity index (χ4n) is 11.7. The summed E-state index contributed by atoms with van der Waals surface area (Å²) in [6.07, 6.45) is 12.3. The summed E-state index contributed by atoms with van der Waals surface area (Å²) >= 11 is 0. The summed E-state index contributed by atoms with van der Waals surface area (Å²) in [4.78, 5) is 77.4. The quantitative estimate of drug-likeness (QED) is 0.0667. The van der Waals surface area contributed by atoms with E-state index in [0.717, 1.165) is 103 Å². The van der Waals surface area contributed by atoms with Crippen LogP contribution in [-0.4, -0.2) is 171 Å². The molecule has 3 saturated heterocycles. The van der Waals surface area contributed by atoms with Crippen LogP contribution in [0.15, 0.2) is 91.0 Å². The van der Waals surface area contributed by atoms with Crippen molar-refractivity contribution >= 4 is 36.4 Å². The zero-order valence-electron chi connectivity index (χ0n) is 48.5. The number of aliphatic carboxylic acids is 3. The Morgan fingerprint density at radius 3 is 1.33 bits per heavy atom. The molecule has 0 spiro atoms. The Hall–Kier alpha value is -5.88. The van der Waals surface area contributed by atoms with Crippen LogP contribution in [0.2, 0.25) is 0 Å². The molecule has 0 aromatic heterocycles. The van der Waals surface area contributed by atoms with Crippen LogP contribution < -0.4 is 10.6 Å². The third-order valence-corrected chi connectivity index (χ3v) is 17.9. The molecule has 6 saturated carbocycles. The van der Waals surface area contributed by atoms with Crippen LogP contribution in [0.5, 0.6) is 0 Å². The van der Waals surface area contributed by atoms with Crippen LogP contribution >= 0.6 is 0 Å². The van der Waals surface area contributed by atoms with E-state index < -0.39 is 29.1 Å². The van der Waals surface area contributed by atoms with Gasteiger partial charge in [-0.3, -0.25) is 24.2 Å². The summed E-state index contributed by atoms with van der Waals surface area (Å²) < 4.78 is 11.3. The van der Waals surface area contributed by atoms with Gasteiger partial charge >= 0.3 is 30.1 Å². The number of carboxylic acids is 3. The first-order valence-electron chi connectivity index (χ1n) is 29.7. The van der Waals surface area contributed by atoms with Crippen molar-refractivity contribution in [2.75, 3.05) is 52.4 Å². The Bertz CT molecular complexity index is 2660. The topological polar surface area (TPSA) is 219 Å². The van der Waals surface area contributed by atoms with Gasteiger partial charge in [0.15, 0.2) is 0 Å². The highest BCUT2D eigenvalue weighted by atomic mass is 16.6.